The van der Waals surface area contributed by atoms with Gasteiger partial charge in [0, 0.05) is 23.6 Å². The minimum absolute atomic E-state index is 0.399. The second-order valence-corrected chi connectivity index (χ2v) is 6.22. The van der Waals surface area contributed by atoms with Gasteiger partial charge < -0.3 is 10.1 Å². The molecule has 0 amide bonds. The van der Waals surface area contributed by atoms with Crippen LogP contribution in [-0.4, -0.2) is 18.8 Å². The van der Waals surface area contributed by atoms with Crippen molar-refractivity contribution in [1.82, 2.24) is 5.32 Å². The minimum atomic E-state index is 0.399. The lowest BCUT2D eigenvalue weighted by Crippen LogP contribution is -2.40. The monoisotopic (exact) mass is 253 g/mol. The van der Waals surface area contributed by atoms with Gasteiger partial charge in [-0.25, -0.2) is 0 Å². The lowest BCUT2D eigenvalue weighted by molar-refractivity contribution is 0.0773. The van der Waals surface area contributed by atoms with Gasteiger partial charge in [0.15, 0.2) is 0 Å². The molecule has 0 bridgehead atoms. The van der Waals surface area contributed by atoms with Gasteiger partial charge in [-0.15, -0.1) is 11.3 Å². The molecule has 2 heterocycles. The van der Waals surface area contributed by atoms with Crippen LogP contribution in [0.15, 0.2) is 17.5 Å². The molecule has 1 N–H and O–H groups in total. The zero-order chi connectivity index (χ0) is 12.3. The molecule has 0 radical (unpaired) electrons. The highest BCUT2D eigenvalue weighted by molar-refractivity contribution is 7.10. The lowest BCUT2D eigenvalue weighted by Gasteiger charge is -2.28. The molecule has 2 rings (SSSR count). The molecule has 1 saturated heterocycles. The molecule has 1 aliphatic rings. The average molecular weight is 253 g/mol. The van der Waals surface area contributed by atoms with Crippen LogP contribution in [0, 0.1) is 5.92 Å². The summed E-state index contributed by atoms with van der Waals surface area (Å²) in [7, 11) is 0. The topological polar surface area (TPSA) is 21.3 Å². The van der Waals surface area contributed by atoms with Crippen molar-refractivity contribution in [2.45, 2.75) is 51.8 Å². The van der Waals surface area contributed by atoms with E-state index in [4.69, 9.17) is 4.74 Å². The summed E-state index contributed by atoms with van der Waals surface area (Å²) in [6.07, 6.45) is 2.81. The van der Waals surface area contributed by atoms with Crippen molar-refractivity contribution in [3.8, 4) is 0 Å². The van der Waals surface area contributed by atoms with Crippen LogP contribution in [-0.2, 0) is 4.74 Å². The molecular weight excluding hydrogens is 230 g/mol. The first kappa shape index (κ1) is 13.1. The normalized spacial score (nSPS) is 24.1. The molecule has 1 fully saturated rings. The van der Waals surface area contributed by atoms with Gasteiger partial charge in [0.1, 0.15) is 0 Å². The van der Waals surface area contributed by atoms with E-state index in [-0.39, 0.29) is 0 Å². The third kappa shape index (κ3) is 3.30. The molecule has 17 heavy (non-hydrogen) atoms. The maximum absolute atomic E-state index is 5.75. The summed E-state index contributed by atoms with van der Waals surface area (Å²) in [5, 5.41) is 5.90. The van der Waals surface area contributed by atoms with Crippen LogP contribution in [0.25, 0.3) is 0 Å². The summed E-state index contributed by atoms with van der Waals surface area (Å²) in [6, 6.07) is 5.25. The van der Waals surface area contributed by atoms with Gasteiger partial charge in [-0.3, -0.25) is 0 Å². The molecule has 2 nitrogen and oxygen atoms in total. The average Bonchev–Trinajstić information content (AvgIpc) is 2.97. The molecule has 3 atom stereocenters. The van der Waals surface area contributed by atoms with E-state index in [1.807, 2.05) is 11.3 Å². The van der Waals surface area contributed by atoms with Gasteiger partial charge in [-0.05, 0) is 37.1 Å². The SMILES string of the molecule is CC(C)C(NC(C)C1CCCO1)c1cccs1. The minimum Gasteiger partial charge on any atom is -0.377 e. The maximum Gasteiger partial charge on any atom is 0.0726 e. The van der Waals surface area contributed by atoms with E-state index in [1.165, 1.54) is 17.7 Å². The van der Waals surface area contributed by atoms with Gasteiger partial charge in [-0.2, -0.15) is 0 Å². The lowest BCUT2D eigenvalue weighted by atomic mass is 10.00. The molecule has 0 spiro atoms. The fraction of sp³-hybridized carbons (Fsp3) is 0.714. The summed E-state index contributed by atoms with van der Waals surface area (Å²) in [5.74, 6) is 0.609. The number of hydrogen-bond acceptors (Lipinski definition) is 3. The molecule has 0 aliphatic carbocycles. The Bertz CT molecular complexity index is 317. The fourth-order valence-electron chi connectivity index (χ4n) is 2.46. The summed E-state index contributed by atoms with van der Waals surface area (Å²) < 4.78 is 5.75. The quantitative estimate of drug-likeness (QED) is 0.865. The van der Waals surface area contributed by atoms with Crippen molar-refractivity contribution in [2.75, 3.05) is 6.61 Å². The Hall–Kier alpha value is -0.380. The van der Waals surface area contributed by atoms with Gasteiger partial charge in [0.25, 0.3) is 0 Å². The molecule has 3 unspecified atom stereocenters. The first-order chi connectivity index (χ1) is 8.18. The number of thiophene rings is 1. The van der Waals surface area contributed by atoms with E-state index in [1.54, 1.807) is 0 Å². The second-order valence-electron chi connectivity index (χ2n) is 5.24. The third-order valence-electron chi connectivity index (χ3n) is 3.48. The van der Waals surface area contributed by atoms with Gasteiger partial charge in [0.05, 0.1) is 6.10 Å². The highest BCUT2D eigenvalue weighted by Crippen LogP contribution is 2.27. The van der Waals surface area contributed by atoms with Crippen LogP contribution in [0.1, 0.15) is 44.5 Å². The van der Waals surface area contributed by atoms with Crippen LogP contribution in [0.2, 0.25) is 0 Å². The van der Waals surface area contributed by atoms with Gasteiger partial charge in [0.2, 0.25) is 0 Å². The third-order valence-corrected chi connectivity index (χ3v) is 4.44. The van der Waals surface area contributed by atoms with Crippen molar-refractivity contribution in [1.29, 1.82) is 0 Å². The Morgan fingerprint density at radius 1 is 1.41 bits per heavy atom. The zero-order valence-electron chi connectivity index (χ0n) is 11.0. The van der Waals surface area contributed by atoms with Gasteiger partial charge >= 0.3 is 0 Å². The van der Waals surface area contributed by atoms with Crippen molar-refractivity contribution < 1.29 is 4.74 Å². The predicted molar refractivity (Wildman–Crippen MR) is 73.5 cm³/mol. The van der Waals surface area contributed by atoms with Crippen LogP contribution < -0.4 is 5.32 Å². The Morgan fingerprint density at radius 3 is 2.76 bits per heavy atom. The van der Waals surface area contributed by atoms with Crippen LogP contribution >= 0.6 is 11.3 Å². The molecule has 3 heteroatoms. The molecule has 1 aromatic heterocycles. The summed E-state index contributed by atoms with van der Waals surface area (Å²) >= 11 is 1.84. The molecule has 0 aromatic carbocycles. The smallest absolute Gasteiger partial charge is 0.0726 e. The molecule has 1 aromatic rings. The number of rotatable bonds is 5. The summed E-state index contributed by atoms with van der Waals surface area (Å²) in [6.45, 7) is 7.74. The fourth-order valence-corrected chi connectivity index (χ4v) is 3.42. The van der Waals surface area contributed by atoms with Crippen molar-refractivity contribution >= 4 is 11.3 Å². The Balaban J connectivity index is 1.98. The molecule has 1 aliphatic heterocycles. The predicted octanol–water partition coefficient (Wildman–Crippen LogP) is 3.60. The van der Waals surface area contributed by atoms with Crippen molar-refractivity contribution in [3.63, 3.8) is 0 Å². The van der Waals surface area contributed by atoms with E-state index in [9.17, 15) is 0 Å². The number of nitrogens with one attached hydrogen (secondary N) is 1. The number of ether oxygens (including phenoxy) is 1. The zero-order valence-corrected chi connectivity index (χ0v) is 11.8. The van der Waals surface area contributed by atoms with Crippen LogP contribution in [0.4, 0.5) is 0 Å². The van der Waals surface area contributed by atoms with Crippen molar-refractivity contribution in [2.24, 2.45) is 5.92 Å². The maximum atomic E-state index is 5.75. The van der Waals surface area contributed by atoms with E-state index >= 15 is 0 Å². The van der Waals surface area contributed by atoms with E-state index < -0.39 is 0 Å². The Labute approximate surface area is 108 Å². The van der Waals surface area contributed by atoms with Crippen LogP contribution in [0.3, 0.4) is 0 Å². The van der Waals surface area contributed by atoms with Crippen LogP contribution in [0.5, 0.6) is 0 Å². The van der Waals surface area contributed by atoms with E-state index in [0.29, 0.717) is 24.1 Å². The first-order valence-corrected chi connectivity index (χ1v) is 7.47. The Morgan fingerprint density at radius 2 is 2.24 bits per heavy atom. The Kier molecular flexibility index (Phi) is 4.60. The summed E-state index contributed by atoms with van der Waals surface area (Å²) in [5.41, 5.74) is 0. The largest absolute Gasteiger partial charge is 0.377 e. The highest BCUT2D eigenvalue weighted by atomic mass is 32.1. The van der Waals surface area contributed by atoms with Gasteiger partial charge in [-0.1, -0.05) is 19.9 Å². The standard InChI is InChI=1S/C14H23NOS/c1-10(2)14(13-7-5-9-17-13)15-11(3)12-6-4-8-16-12/h5,7,9-12,14-15H,4,6,8H2,1-3H3. The number of hydrogen-bond donors (Lipinski definition) is 1. The molecule has 0 saturated carbocycles. The summed E-state index contributed by atoms with van der Waals surface area (Å²) in [4.78, 5) is 1.44. The van der Waals surface area contributed by atoms with E-state index in [0.717, 1.165) is 6.61 Å². The first-order valence-electron chi connectivity index (χ1n) is 6.59. The molecule has 96 valence electrons. The molecular formula is C14H23NOS. The highest BCUT2D eigenvalue weighted by Gasteiger charge is 2.26. The second kappa shape index (κ2) is 5.98. The van der Waals surface area contributed by atoms with E-state index in [2.05, 4.69) is 43.6 Å². The van der Waals surface area contributed by atoms with Crippen molar-refractivity contribution in [3.05, 3.63) is 22.4 Å².